The van der Waals surface area contributed by atoms with Crippen molar-refractivity contribution in [1.29, 1.82) is 0 Å². The molecule has 1 aromatic carbocycles. The zero-order valence-corrected chi connectivity index (χ0v) is 20.6. The molecule has 0 saturated heterocycles. The molecule has 0 spiro atoms. The first kappa shape index (κ1) is 31.7. The highest BCUT2D eigenvalue weighted by atomic mass is 79.9. The van der Waals surface area contributed by atoms with Crippen molar-refractivity contribution >= 4 is 44.1 Å². The lowest BCUT2D eigenvalue weighted by molar-refractivity contribution is -0.406. The lowest BCUT2D eigenvalue weighted by Gasteiger charge is -2.38. The SMILES string of the molecule is CCOC(=O)c1c(-c2ccc(Br)cc2)csc1NC(=O)C(F)(F)C(F)(F)C(F)(F)C(F)(F)C(F)(F)C(F)F. The summed E-state index contributed by atoms with van der Waals surface area (Å²) in [6, 6.07) is 5.64. The Kier molecular flexibility index (Phi) is 8.83. The van der Waals surface area contributed by atoms with Gasteiger partial charge in [0, 0.05) is 15.4 Å². The molecule has 1 aromatic heterocycles. The van der Waals surface area contributed by atoms with Gasteiger partial charge < -0.3 is 10.1 Å². The van der Waals surface area contributed by atoms with Crippen molar-refractivity contribution < 1.29 is 67.0 Å². The number of nitrogens with one attached hydrogen (secondary N) is 1. The van der Waals surface area contributed by atoms with Crippen LogP contribution in [-0.2, 0) is 9.53 Å². The zero-order chi connectivity index (χ0) is 29.5. The van der Waals surface area contributed by atoms with E-state index in [1.807, 2.05) is 0 Å². The number of rotatable bonds is 10. The summed E-state index contributed by atoms with van der Waals surface area (Å²) in [4.78, 5) is 24.3. The van der Waals surface area contributed by atoms with Crippen molar-refractivity contribution in [3.63, 3.8) is 0 Å². The largest absolute Gasteiger partial charge is 0.462 e. The van der Waals surface area contributed by atoms with Gasteiger partial charge in [-0.05, 0) is 24.6 Å². The Balaban J connectivity index is 2.54. The van der Waals surface area contributed by atoms with Gasteiger partial charge in [-0.1, -0.05) is 28.1 Å². The van der Waals surface area contributed by atoms with Crippen molar-refractivity contribution in [2.45, 2.75) is 43.0 Å². The summed E-state index contributed by atoms with van der Waals surface area (Å²) in [6.45, 7) is 0.976. The summed E-state index contributed by atoms with van der Waals surface area (Å²) in [5, 5.41) is 1.05. The average Bonchev–Trinajstić information content (AvgIpc) is 3.22. The van der Waals surface area contributed by atoms with E-state index in [4.69, 9.17) is 4.74 Å². The molecular formula is C20H12BrF12NO3S. The van der Waals surface area contributed by atoms with Crippen LogP contribution >= 0.6 is 27.3 Å². The van der Waals surface area contributed by atoms with Crippen molar-refractivity contribution in [1.82, 2.24) is 0 Å². The molecule has 0 aliphatic heterocycles. The fraction of sp³-hybridized carbons (Fsp3) is 0.400. The molecule has 1 heterocycles. The standard InChI is InChI=1S/C20H12BrF12NO3S/c1-2-37-13(35)11-10(8-3-5-9(21)6-4-8)7-38-12(11)34-15(36)17(26,27)19(30,31)20(32,33)18(28,29)16(24,25)14(22)23/h3-7,14H,2H2,1H3,(H,34,36). The van der Waals surface area contributed by atoms with E-state index in [-0.39, 0.29) is 29.1 Å². The number of ether oxygens (including phenoxy) is 1. The molecule has 18 heteroatoms. The maximum atomic E-state index is 14.2. The summed E-state index contributed by atoms with van der Waals surface area (Å²) in [6.07, 6.45) is -5.67. The molecule has 1 amide bonds. The van der Waals surface area contributed by atoms with E-state index in [2.05, 4.69) is 15.9 Å². The lowest BCUT2D eigenvalue weighted by Crippen LogP contribution is -2.70. The lowest BCUT2D eigenvalue weighted by atomic mass is 9.94. The van der Waals surface area contributed by atoms with E-state index in [0.29, 0.717) is 4.47 Å². The van der Waals surface area contributed by atoms with Gasteiger partial charge in [-0.15, -0.1) is 11.3 Å². The number of carbonyl (C=O) groups is 2. The fourth-order valence-electron chi connectivity index (χ4n) is 2.76. The molecule has 0 aliphatic carbocycles. The number of hydrogen-bond acceptors (Lipinski definition) is 4. The first-order valence-electron chi connectivity index (χ1n) is 9.71. The summed E-state index contributed by atoms with van der Waals surface area (Å²) in [5.41, 5.74) is -0.668. The first-order chi connectivity index (χ1) is 17.2. The Bertz CT molecular complexity index is 1180. The van der Waals surface area contributed by atoms with Crippen LogP contribution in [-0.4, -0.2) is 54.5 Å². The molecule has 212 valence electrons. The third kappa shape index (κ3) is 5.08. The van der Waals surface area contributed by atoms with Gasteiger partial charge in [-0.3, -0.25) is 4.79 Å². The number of benzene rings is 1. The Labute approximate surface area is 217 Å². The maximum Gasteiger partial charge on any atom is 0.393 e. The molecule has 0 bridgehead atoms. The van der Waals surface area contributed by atoms with Gasteiger partial charge in [-0.2, -0.15) is 43.9 Å². The fourth-order valence-corrected chi connectivity index (χ4v) is 3.98. The van der Waals surface area contributed by atoms with Crippen molar-refractivity contribution in [3.05, 3.63) is 39.7 Å². The van der Waals surface area contributed by atoms with Gasteiger partial charge in [0.05, 0.1) is 6.61 Å². The van der Waals surface area contributed by atoms with Crippen LogP contribution in [0.4, 0.5) is 57.7 Å². The molecular weight excluding hydrogens is 642 g/mol. The summed E-state index contributed by atoms with van der Waals surface area (Å²) >= 11 is 3.34. The van der Waals surface area contributed by atoms with Gasteiger partial charge >= 0.3 is 47.9 Å². The van der Waals surface area contributed by atoms with Gasteiger partial charge in [0.25, 0.3) is 0 Å². The highest BCUT2D eigenvalue weighted by Gasteiger charge is 2.89. The molecule has 0 aliphatic rings. The zero-order valence-electron chi connectivity index (χ0n) is 18.2. The van der Waals surface area contributed by atoms with Crippen molar-refractivity contribution in [3.8, 4) is 11.1 Å². The molecule has 0 unspecified atom stereocenters. The molecule has 38 heavy (non-hydrogen) atoms. The molecule has 0 saturated carbocycles. The Hall–Kier alpha value is -2.50. The van der Waals surface area contributed by atoms with Gasteiger partial charge in [0.2, 0.25) is 0 Å². The molecule has 0 radical (unpaired) electrons. The van der Waals surface area contributed by atoms with Crippen LogP contribution < -0.4 is 5.32 Å². The van der Waals surface area contributed by atoms with E-state index in [9.17, 15) is 62.3 Å². The number of amides is 1. The van der Waals surface area contributed by atoms with Crippen LogP contribution in [0.2, 0.25) is 0 Å². The Morgan fingerprint density at radius 2 is 1.45 bits per heavy atom. The Morgan fingerprint density at radius 3 is 1.92 bits per heavy atom. The van der Waals surface area contributed by atoms with Crippen LogP contribution in [0.15, 0.2) is 34.1 Å². The second kappa shape index (κ2) is 10.6. The molecule has 0 fully saturated rings. The first-order valence-corrected chi connectivity index (χ1v) is 11.4. The van der Waals surface area contributed by atoms with Crippen LogP contribution in [0.3, 0.4) is 0 Å². The highest BCUT2D eigenvalue weighted by molar-refractivity contribution is 9.10. The van der Waals surface area contributed by atoms with E-state index in [1.54, 1.807) is 0 Å². The van der Waals surface area contributed by atoms with Gasteiger partial charge in [-0.25, -0.2) is 13.6 Å². The van der Waals surface area contributed by atoms with Crippen LogP contribution in [0.25, 0.3) is 11.1 Å². The number of carbonyl (C=O) groups excluding carboxylic acids is 2. The topological polar surface area (TPSA) is 55.4 Å². The minimum atomic E-state index is -7.87. The van der Waals surface area contributed by atoms with Crippen LogP contribution in [0.5, 0.6) is 0 Å². The number of alkyl halides is 12. The molecule has 4 nitrogen and oxygen atoms in total. The minimum Gasteiger partial charge on any atom is -0.462 e. The van der Waals surface area contributed by atoms with E-state index < -0.39 is 58.5 Å². The molecule has 2 rings (SSSR count). The number of anilines is 1. The predicted octanol–water partition coefficient (Wildman–Crippen LogP) is 7.73. The number of hydrogen-bond donors (Lipinski definition) is 1. The second-order valence-corrected chi connectivity index (χ2v) is 9.05. The number of halogens is 13. The van der Waals surface area contributed by atoms with E-state index in [1.165, 1.54) is 31.2 Å². The highest BCUT2D eigenvalue weighted by Crippen LogP contribution is 2.58. The normalized spacial score (nSPS) is 13.6. The van der Waals surface area contributed by atoms with Crippen molar-refractivity contribution in [2.24, 2.45) is 0 Å². The number of thiophene rings is 1. The van der Waals surface area contributed by atoms with Gasteiger partial charge in [0.1, 0.15) is 10.6 Å². The summed E-state index contributed by atoms with van der Waals surface area (Å²) in [7, 11) is 0. The van der Waals surface area contributed by atoms with E-state index in [0.717, 1.165) is 10.7 Å². The number of esters is 1. The summed E-state index contributed by atoms with van der Waals surface area (Å²) < 4.78 is 166. The van der Waals surface area contributed by atoms with Gasteiger partial charge in [0.15, 0.2) is 0 Å². The third-order valence-electron chi connectivity index (χ3n) is 4.81. The van der Waals surface area contributed by atoms with Crippen LogP contribution in [0.1, 0.15) is 17.3 Å². The third-order valence-corrected chi connectivity index (χ3v) is 6.24. The van der Waals surface area contributed by atoms with E-state index >= 15 is 0 Å². The smallest absolute Gasteiger partial charge is 0.393 e. The molecule has 0 atom stereocenters. The molecule has 2 aromatic rings. The van der Waals surface area contributed by atoms with Crippen molar-refractivity contribution in [2.75, 3.05) is 11.9 Å². The monoisotopic (exact) mass is 653 g/mol. The Morgan fingerprint density at radius 1 is 0.921 bits per heavy atom. The summed E-state index contributed by atoms with van der Waals surface area (Å²) in [5.74, 6) is -42.1. The van der Waals surface area contributed by atoms with Crippen LogP contribution in [0, 0.1) is 0 Å². The molecule has 1 N–H and O–H groups in total. The quantitative estimate of drug-likeness (QED) is 0.211. The minimum absolute atomic E-state index is 0.125. The second-order valence-electron chi connectivity index (χ2n) is 7.26. The predicted molar refractivity (Wildman–Crippen MR) is 113 cm³/mol. The average molecular weight is 654 g/mol. The maximum absolute atomic E-state index is 14.2.